The topological polar surface area (TPSA) is 88.4 Å². The average molecular weight is 575 g/mol. The summed E-state index contributed by atoms with van der Waals surface area (Å²) in [7, 11) is 2.02. The predicted octanol–water partition coefficient (Wildman–Crippen LogP) is 8.37. The zero-order valence-corrected chi connectivity index (χ0v) is 24.0. The standard InChI is InChI=1S/C29H26N4O3S3/c1-4-21(19-11-9-12-20(16-19)32(3)23-14-7-5-10-18(23)2)30-27(34)26-17-24(33(35)36)28(37-26)39-29-31-22-13-6-8-15-25(22)38-29/h5-17,21H,4H2,1-3H3,(H,30,34). The number of para-hydroxylation sites is 2. The minimum atomic E-state index is -0.439. The highest BCUT2D eigenvalue weighted by Gasteiger charge is 2.26. The zero-order chi connectivity index (χ0) is 27.5. The van der Waals surface area contributed by atoms with Gasteiger partial charge in [-0.1, -0.05) is 49.4 Å². The minimum absolute atomic E-state index is 0.0793. The van der Waals surface area contributed by atoms with E-state index in [-0.39, 0.29) is 17.6 Å². The number of fused-ring (bicyclic) bond motifs is 1. The van der Waals surface area contributed by atoms with E-state index in [1.807, 2.05) is 68.6 Å². The Kier molecular flexibility index (Phi) is 7.97. The van der Waals surface area contributed by atoms with Crippen LogP contribution in [0.1, 0.15) is 40.2 Å². The van der Waals surface area contributed by atoms with Crippen LogP contribution in [0.3, 0.4) is 0 Å². The van der Waals surface area contributed by atoms with E-state index in [1.165, 1.54) is 34.7 Å². The Bertz CT molecular complexity index is 1630. The van der Waals surface area contributed by atoms with Gasteiger partial charge in [-0.25, -0.2) is 4.98 Å². The van der Waals surface area contributed by atoms with E-state index in [4.69, 9.17) is 0 Å². The molecule has 0 aliphatic rings. The van der Waals surface area contributed by atoms with Crippen molar-refractivity contribution in [1.29, 1.82) is 0 Å². The molecule has 0 radical (unpaired) electrons. The minimum Gasteiger partial charge on any atom is -0.345 e. The van der Waals surface area contributed by atoms with Crippen LogP contribution in [0, 0.1) is 17.0 Å². The molecule has 1 atom stereocenters. The molecule has 5 aromatic rings. The van der Waals surface area contributed by atoms with Crippen LogP contribution in [-0.4, -0.2) is 22.9 Å². The lowest BCUT2D eigenvalue weighted by molar-refractivity contribution is -0.387. The first kappa shape index (κ1) is 26.9. The zero-order valence-electron chi connectivity index (χ0n) is 21.6. The van der Waals surface area contributed by atoms with Crippen LogP contribution in [-0.2, 0) is 0 Å². The smallest absolute Gasteiger partial charge is 0.294 e. The van der Waals surface area contributed by atoms with Gasteiger partial charge < -0.3 is 10.2 Å². The summed E-state index contributed by atoms with van der Waals surface area (Å²) in [6.07, 6.45) is 0.671. The largest absolute Gasteiger partial charge is 0.345 e. The lowest BCUT2D eigenvalue weighted by Gasteiger charge is -2.24. The second kappa shape index (κ2) is 11.6. The highest BCUT2D eigenvalue weighted by molar-refractivity contribution is 8.03. The summed E-state index contributed by atoms with van der Waals surface area (Å²) >= 11 is 3.83. The van der Waals surface area contributed by atoms with Crippen LogP contribution in [0.25, 0.3) is 10.2 Å². The van der Waals surface area contributed by atoms with E-state index >= 15 is 0 Å². The number of nitro groups is 1. The number of nitrogens with zero attached hydrogens (tertiary/aromatic N) is 3. The van der Waals surface area contributed by atoms with Crippen molar-refractivity contribution in [1.82, 2.24) is 10.3 Å². The van der Waals surface area contributed by atoms with Crippen LogP contribution in [0.4, 0.5) is 17.1 Å². The molecule has 1 N–H and O–H groups in total. The maximum atomic E-state index is 13.3. The number of thiazole rings is 1. The maximum absolute atomic E-state index is 13.3. The van der Waals surface area contributed by atoms with E-state index in [0.29, 0.717) is 19.8 Å². The number of amides is 1. The Labute approximate surface area is 238 Å². The van der Waals surface area contributed by atoms with Crippen molar-refractivity contribution >= 4 is 67.6 Å². The number of hydrogen-bond donors (Lipinski definition) is 1. The number of hydrogen-bond acceptors (Lipinski definition) is 8. The van der Waals surface area contributed by atoms with Gasteiger partial charge >= 0.3 is 0 Å². The van der Waals surface area contributed by atoms with Gasteiger partial charge in [0.2, 0.25) is 0 Å². The molecule has 3 aromatic carbocycles. The van der Waals surface area contributed by atoms with Crippen LogP contribution in [0.15, 0.2) is 87.4 Å². The summed E-state index contributed by atoms with van der Waals surface area (Å²) in [6, 6.07) is 25.1. The number of thiophene rings is 1. The fourth-order valence-corrected chi connectivity index (χ4v) is 7.85. The van der Waals surface area contributed by atoms with Gasteiger partial charge in [0.25, 0.3) is 11.6 Å². The fourth-order valence-electron chi connectivity index (χ4n) is 4.33. The van der Waals surface area contributed by atoms with Crippen LogP contribution in [0.5, 0.6) is 0 Å². The molecule has 10 heteroatoms. The van der Waals surface area contributed by atoms with Gasteiger partial charge in [-0.05, 0) is 66.6 Å². The summed E-state index contributed by atoms with van der Waals surface area (Å²) in [5.41, 5.74) is 5.03. The highest BCUT2D eigenvalue weighted by Crippen LogP contribution is 2.43. The number of benzene rings is 3. The van der Waals surface area contributed by atoms with Crippen molar-refractivity contribution < 1.29 is 9.72 Å². The number of aryl methyl sites for hydroxylation is 1. The molecular weight excluding hydrogens is 549 g/mol. The van der Waals surface area contributed by atoms with Crippen LogP contribution in [0.2, 0.25) is 0 Å². The fraction of sp³-hybridized carbons (Fsp3) is 0.172. The van der Waals surface area contributed by atoms with Gasteiger partial charge in [0.1, 0.15) is 9.09 Å². The van der Waals surface area contributed by atoms with Crippen LogP contribution >= 0.6 is 34.4 Å². The molecule has 2 heterocycles. The summed E-state index contributed by atoms with van der Waals surface area (Å²) in [5, 5.41) is 14.9. The van der Waals surface area contributed by atoms with Gasteiger partial charge in [-0.3, -0.25) is 14.9 Å². The lowest BCUT2D eigenvalue weighted by Crippen LogP contribution is -2.27. The van der Waals surface area contributed by atoms with Gasteiger partial charge in [-0.15, -0.1) is 22.7 Å². The van der Waals surface area contributed by atoms with Crippen molar-refractivity contribution in [2.45, 2.75) is 34.9 Å². The molecule has 7 nitrogen and oxygen atoms in total. The number of anilines is 2. The van der Waals surface area contributed by atoms with Crippen molar-refractivity contribution in [3.05, 3.63) is 105 Å². The van der Waals surface area contributed by atoms with E-state index in [0.717, 1.165) is 38.5 Å². The average Bonchev–Trinajstić information content (AvgIpc) is 3.56. The SMILES string of the molecule is CCC(NC(=O)c1cc([N+](=O)[O-])c(Sc2nc3ccccc3s2)s1)c1cccc(N(C)c2ccccc2C)c1. The number of nitrogens with one attached hydrogen (secondary N) is 1. The molecule has 198 valence electrons. The van der Waals surface area contributed by atoms with E-state index < -0.39 is 4.92 Å². The Hall–Kier alpha value is -3.73. The summed E-state index contributed by atoms with van der Waals surface area (Å²) in [6.45, 7) is 4.09. The molecule has 0 aliphatic heterocycles. The number of carbonyl (C=O) groups excluding carboxylic acids is 1. The molecule has 0 saturated heterocycles. The first-order valence-electron chi connectivity index (χ1n) is 12.4. The Morgan fingerprint density at radius 2 is 1.85 bits per heavy atom. The molecule has 1 unspecified atom stereocenters. The normalized spacial score (nSPS) is 11.9. The van der Waals surface area contributed by atoms with Gasteiger partial charge in [0.05, 0.1) is 21.2 Å². The summed E-state index contributed by atoms with van der Waals surface area (Å²) in [4.78, 5) is 31.7. The monoisotopic (exact) mass is 574 g/mol. The quantitative estimate of drug-likeness (QED) is 0.141. The second-order valence-electron chi connectivity index (χ2n) is 8.96. The Morgan fingerprint density at radius 1 is 1.08 bits per heavy atom. The van der Waals surface area contributed by atoms with E-state index in [9.17, 15) is 14.9 Å². The first-order chi connectivity index (χ1) is 18.8. The third-order valence-corrected chi connectivity index (χ3v) is 9.81. The third-order valence-electron chi connectivity index (χ3n) is 6.40. The van der Waals surface area contributed by atoms with Crippen molar-refractivity contribution in [3.8, 4) is 0 Å². The third kappa shape index (κ3) is 5.83. The first-order valence-corrected chi connectivity index (χ1v) is 14.8. The van der Waals surface area contributed by atoms with E-state index in [1.54, 1.807) is 0 Å². The predicted molar refractivity (Wildman–Crippen MR) is 161 cm³/mol. The number of rotatable bonds is 9. The van der Waals surface area contributed by atoms with Gasteiger partial charge in [-0.2, -0.15) is 0 Å². The summed E-state index contributed by atoms with van der Waals surface area (Å²) in [5.74, 6) is -0.330. The van der Waals surface area contributed by atoms with Gasteiger partial charge in [0, 0.05) is 24.5 Å². The molecule has 0 spiro atoms. The molecule has 2 aromatic heterocycles. The lowest BCUT2D eigenvalue weighted by atomic mass is 10.0. The van der Waals surface area contributed by atoms with Crippen LogP contribution < -0.4 is 10.2 Å². The Morgan fingerprint density at radius 3 is 2.59 bits per heavy atom. The molecule has 0 saturated carbocycles. The van der Waals surface area contributed by atoms with Crippen molar-refractivity contribution in [2.24, 2.45) is 0 Å². The van der Waals surface area contributed by atoms with Gasteiger partial charge in [0.15, 0.2) is 4.34 Å². The molecule has 39 heavy (non-hydrogen) atoms. The number of aromatic nitrogens is 1. The summed E-state index contributed by atoms with van der Waals surface area (Å²) < 4.78 is 2.16. The maximum Gasteiger partial charge on any atom is 0.294 e. The molecule has 5 rings (SSSR count). The second-order valence-corrected chi connectivity index (χ2v) is 12.6. The molecular formula is C29H26N4O3S3. The highest BCUT2D eigenvalue weighted by atomic mass is 32.2. The van der Waals surface area contributed by atoms with Crippen molar-refractivity contribution in [2.75, 3.05) is 11.9 Å². The van der Waals surface area contributed by atoms with Crippen molar-refractivity contribution in [3.63, 3.8) is 0 Å². The molecule has 0 aliphatic carbocycles. The Balaban J connectivity index is 1.36. The molecule has 0 bridgehead atoms. The molecule has 0 fully saturated rings. The van der Waals surface area contributed by atoms with E-state index in [2.05, 4.69) is 40.3 Å². The molecule has 1 amide bonds. The number of carbonyl (C=O) groups is 1.